The van der Waals surface area contributed by atoms with E-state index in [1.807, 2.05) is 36.4 Å². The summed E-state index contributed by atoms with van der Waals surface area (Å²) < 4.78 is 16.2. The lowest BCUT2D eigenvalue weighted by atomic mass is 10.1. The molecule has 2 aromatic carbocycles. The summed E-state index contributed by atoms with van der Waals surface area (Å²) in [5.41, 5.74) is 3.39. The molecular weight excluding hydrogens is 367 g/mol. The van der Waals surface area contributed by atoms with Crippen molar-refractivity contribution >= 4 is 11.6 Å². The molecule has 0 bridgehead atoms. The molecule has 2 aromatic heterocycles. The fraction of sp³-hybridized carbons (Fsp3) is 0.174. The number of rotatable bonds is 3. The van der Waals surface area contributed by atoms with Crippen molar-refractivity contribution in [3.63, 3.8) is 0 Å². The highest BCUT2D eigenvalue weighted by Crippen LogP contribution is 2.27. The van der Waals surface area contributed by atoms with Crippen molar-refractivity contribution in [2.45, 2.75) is 12.8 Å². The van der Waals surface area contributed by atoms with Crippen LogP contribution in [0.1, 0.15) is 23.3 Å². The van der Waals surface area contributed by atoms with Crippen LogP contribution in [0.5, 0.6) is 0 Å². The van der Waals surface area contributed by atoms with E-state index in [2.05, 4.69) is 10.1 Å². The van der Waals surface area contributed by atoms with Crippen LogP contribution >= 0.6 is 0 Å². The minimum atomic E-state index is -0.365. The molecule has 1 saturated heterocycles. The number of benzene rings is 2. The van der Waals surface area contributed by atoms with Gasteiger partial charge in [0, 0.05) is 30.3 Å². The Morgan fingerprint density at radius 1 is 0.931 bits per heavy atom. The number of halogens is 1. The highest BCUT2D eigenvalue weighted by Gasteiger charge is 2.23. The van der Waals surface area contributed by atoms with Crippen LogP contribution < -0.4 is 0 Å². The highest BCUT2D eigenvalue weighted by atomic mass is 19.1. The molecule has 6 heteroatoms. The van der Waals surface area contributed by atoms with Gasteiger partial charge in [-0.15, -0.1) is 0 Å². The molecule has 1 aliphatic heterocycles. The summed E-state index contributed by atoms with van der Waals surface area (Å²) in [6, 6.07) is 19.7. The largest absolute Gasteiger partial charge is 0.337 e. The van der Waals surface area contributed by atoms with Gasteiger partial charge in [0.1, 0.15) is 11.5 Å². The maximum atomic E-state index is 14.6. The van der Waals surface area contributed by atoms with Gasteiger partial charge >= 0.3 is 0 Å². The third-order valence-corrected chi connectivity index (χ3v) is 5.26. The molecule has 0 atom stereocenters. The zero-order chi connectivity index (χ0) is 19.8. The maximum absolute atomic E-state index is 14.6. The van der Waals surface area contributed by atoms with E-state index in [9.17, 15) is 9.18 Å². The minimum absolute atomic E-state index is 0.120. The predicted octanol–water partition coefficient (Wildman–Crippen LogP) is 4.44. The number of hydrogen-bond donors (Lipinski definition) is 0. The lowest BCUT2D eigenvalue weighted by Gasteiger charge is -2.15. The summed E-state index contributed by atoms with van der Waals surface area (Å²) in [6.45, 7) is 1.46. The lowest BCUT2D eigenvalue weighted by Crippen LogP contribution is -2.28. The first-order valence-electron chi connectivity index (χ1n) is 9.71. The van der Waals surface area contributed by atoms with E-state index in [1.165, 1.54) is 6.07 Å². The number of nitrogens with zero attached hydrogens (tertiary/aromatic N) is 4. The molecule has 29 heavy (non-hydrogen) atoms. The van der Waals surface area contributed by atoms with Gasteiger partial charge in [0.15, 0.2) is 5.65 Å². The average molecular weight is 386 g/mol. The number of aromatic nitrogens is 3. The van der Waals surface area contributed by atoms with Crippen LogP contribution in [0.3, 0.4) is 0 Å². The number of amides is 1. The van der Waals surface area contributed by atoms with Gasteiger partial charge in [0.05, 0.1) is 11.4 Å². The Kier molecular flexibility index (Phi) is 4.31. The number of likely N-dealkylation sites (tertiary alicyclic amines) is 1. The van der Waals surface area contributed by atoms with Crippen LogP contribution in [0, 0.1) is 5.82 Å². The molecule has 3 heterocycles. The van der Waals surface area contributed by atoms with Gasteiger partial charge < -0.3 is 4.90 Å². The van der Waals surface area contributed by atoms with E-state index in [4.69, 9.17) is 0 Å². The zero-order valence-corrected chi connectivity index (χ0v) is 15.8. The van der Waals surface area contributed by atoms with Crippen molar-refractivity contribution in [1.82, 2.24) is 19.5 Å². The van der Waals surface area contributed by atoms with Crippen molar-refractivity contribution in [3.8, 4) is 22.5 Å². The molecular formula is C23H19FN4O. The molecule has 144 valence electrons. The third kappa shape index (κ3) is 3.16. The first-order chi connectivity index (χ1) is 14.2. The fourth-order valence-electron chi connectivity index (χ4n) is 3.78. The molecule has 5 rings (SSSR count). The molecule has 0 unspecified atom stereocenters. The standard InChI is InChI=1S/C23H19FN4O/c24-18-11-5-4-10-17(18)21-14-20(23(29)27-12-6-7-13-27)25-22-15-19(26-28(21)22)16-8-2-1-3-9-16/h1-5,8-11,14-15H,6-7,12-13H2. The number of carbonyl (C=O) groups is 1. The van der Waals surface area contributed by atoms with Gasteiger partial charge in [-0.05, 0) is 31.0 Å². The van der Waals surface area contributed by atoms with Gasteiger partial charge in [-0.2, -0.15) is 5.10 Å². The van der Waals surface area contributed by atoms with E-state index in [0.717, 1.165) is 37.2 Å². The van der Waals surface area contributed by atoms with Crippen LogP contribution in [-0.4, -0.2) is 38.5 Å². The number of hydrogen-bond acceptors (Lipinski definition) is 3. The van der Waals surface area contributed by atoms with Crippen molar-refractivity contribution in [2.75, 3.05) is 13.1 Å². The monoisotopic (exact) mass is 386 g/mol. The van der Waals surface area contributed by atoms with Gasteiger partial charge in [-0.1, -0.05) is 42.5 Å². The summed E-state index contributed by atoms with van der Waals surface area (Å²) in [5, 5.41) is 4.66. The second kappa shape index (κ2) is 7.13. The van der Waals surface area contributed by atoms with E-state index < -0.39 is 0 Å². The Morgan fingerprint density at radius 3 is 2.41 bits per heavy atom. The Balaban J connectivity index is 1.72. The predicted molar refractivity (Wildman–Crippen MR) is 109 cm³/mol. The molecule has 0 saturated carbocycles. The molecule has 1 amide bonds. The fourth-order valence-corrected chi connectivity index (χ4v) is 3.78. The van der Waals surface area contributed by atoms with Crippen LogP contribution in [0.25, 0.3) is 28.2 Å². The molecule has 5 nitrogen and oxygen atoms in total. The molecule has 1 fully saturated rings. The summed E-state index contributed by atoms with van der Waals surface area (Å²) in [7, 11) is 0. The molecule has 0 radical (unpaired) electrons. The highest BCUT2D eigenvalue weighted by molar-refractivity contribution is 5.94. The van der Waals surface area contributed by atoms with Crippen LogP contribution in [0.4, 0.5) is 4.39 Å². The van der Waals surface area contributed by atoms with Gasteiger partial charge in [-0.3, -0.25) is 4.79 Å². The second-order valence-electron chi connectivity index (χ2n) is 7.17. The Hall–Kier alpha value is -3.54. The van der Waals surface area contributed by atoms with Crippen molar-refractivity contribution in [1.29, 1.82) is 0 Å². The van der Waals surface area contributed by atoms with E-state index >= 15 is 0 Å². The van der Waals surface area contributed by atoms with Crippen molar-refractivity contribution in [3.05, 3.63) is 78.2 Å². The Morgan fingerprint density at radius 2 is 1.66 bits per heavy atom. The lowest BCUT2D eigenvalue weighted by molar-refractivity contribution is 0.0787. The zero-order valence-electron chi connectivity index (χ0n) is 15.8. The maximum Gasteiger partial charge on any atom is 0.272 e. The van der Waals surface area contributed by atoms with Gasteiger partial charge in [0.25, 0.3) is 5.91 Å². The number of fused-ring (bicyclic) bond motifs is 1. The van der Waals surface area contributed by atoms with Crippen LogP contribution in [-0.2, 0) is 0 Å². The molecule has 0 spiro atoms. The third-order valence-electron chi connectivity index (χ3n) is 5.26. The van der Waals surface area contributed by atoms with Gasteiger partial charge in [0.2, 0.25) is 0 Å². The van der Waals surface area contributed by atoms with Gasteiger partial charge in [-0.25, -0.2) is 13.9 Å². The van der Waals surface area contributed by atoms with E-state index in [1.54, 1.807) is 33.7 Å². The van der Waals surface area contributed by atoms with Crippen molar-refractivity contribution in [2.24, 2.45) is 0 Å². The first-order valence-corrected chi connectivity index (χ1v) is 9.71. The number of carbonyl (C=O) groups excluding carboxylic acids is 1. The average Bonchev–Trinajstić information content (AvgIpc) is 3.44. The second-order valence-corrected chi connectivity index (χ2v) is 7.17. The molecule has 1 aliphatic rings. The van der Waals surface area contributed by atoms with Crippen LogP contribution in [0.15, 0.2) is 66.7 Å². The first kappa shape index (κ1) is 17.6. The molecule has 0 N–H and O–H groups in total. The Labute approximate surface area is 167 Å². The smallest absolute Gasteiger partial charge is 0.272 e. The summed E-state index contributed by atoms with van der Waals surface area (Å²) >= 11 is 0. The van der Waals surface area contributed by atoms with E-state index in [-0.39, 0.29) is 11.7 Å². The SMILES string of the molecule is O=C(c1cc(-c2ccccc2F)n2nc(-c3ccccc3)cc2n1)N1CCCC1. The Bertz CT molecular complexity index is 1200. The minimum Gasteiger partial charge on any atom is -0.337 e. The van der Waals surface area contributed by atoms with E-state index in [0.29, 0.717) is 22.6 Å². The topological polar surface area (TPSA) is 50.5 Å². The van der Waals surface area contributed by atoms with Crippen molar-refractivity contribution < 1.29 is 9.18 Å². The normalized spacial score (nSPS) is 13.9. The van der Waals surface area contributed by atoms with Crippen LogP contribution in [0.2, 0.25) is 0 Å². The summed E-state index contributed by atoms with van der Waals surface area (Å²) in [5.74, 6) is -0.485. The quantitative estimate of drug-likeness (QED) is 0.523. The molecule has 0 aliphatic carbocycles. The summed E-state index contributed by atoms with van der Waals surface area (Å²) in [6.07, 6.45) is 2.00. The molecule has 4 aromatic rings. The summed E-state index contributed by atoms with van der Waals surface area (Å²) in [4.78, 5) is 19.3.